The number of carbonyl (C=O) groups is 1. The van der Waals surface area contributed by atoms with Crippen molar-refractivity contribution in [1.82, 2.24) is 10.3 Å². The highest BCUT2D eigenvalue weighted by molar-refractivity contribution is 5.98. The third-order valence-corrected chi connectivity index (χ3v) is 5.43. The van der Waals surface area contributed by atoms with Crippen molar-refractivity contribution in [2.45, 2.75) is 20.1 Å². The number of nitrogens with one attached hydrogen (secondary N) is 1. The molecule has 1 N–H and O–H groups in total. The average Bonchev–Trinajstić information content (AvgIpc) is 2.83. The maximum atomic E-state index is 12.3. The van der Waals surface area contributed by atoms with Crippen molar-refractivity contribution in [3.05, 3.63) is 95.8 Å². The fourth-order valence-electron chi connectivity index (χ4n) is 3.78. The molecule has 3 aromatic carbocycles. The summed E-state index contributed by atoms with van der Waals surface area (Å²) in [5.74, 6) is 0.723. The Morgan fingerprint density at radius 2 is 1.84 bits per heavy atom. The highest BCUT2D eigenvalue weighted by Gasteiger charge is 2.11. The number of fused-ring (bicyclic) bond motifs is 1. The van der Waals surface area contributed by atoms with Crippen molar-refractivity contribution in [3.8, 4) is 16.9 Å². The number of benzene rings is 3. The van der Waals surface area contributed by atoms with E-state index in [1.165, 1.54) is 0 Å². The molecule has 0 atom stereocenters. The molecule has 4 aromatic rings. The summed E-state index contributed by atoms with van der Waals surface area (Å²) in [6.07, 6.45) is 3.64. The number of carbonyl (C=O) groups excluding carboxylic acids is 1. The van der Waals surface area contributed by atoms with E-state index >= 15 is 0 Å². The Hall–Kier alpha value is -3.70. The lowest BCUT2D eigenvalue weighted by atomic mass is 9.95. The second-order valence-electron chi connectivity index (χ2n) is 7.63. The van der Waals surface area contributed by atoms with Gasteiger partial charge in [0.2, 0.25) is 5.91 Å². The normalized spacial score (nSPS) is 10.8. The minimum Gasteiger partial charge on any atom is -0.496 e. The Morgan fingerprint density at radius 3 is 2.62 bits per heavy atom. The lowest BCUT2D eigenvalue weighted by molar-refractivity contribution is -0.126. The van der Waals surface area contributed by atoms with Crippen LogP contribution in [0, 0.1) is 6.92 Å². The van der Waals surface area contributed by atoms with Gasteiger partial charge in [0.25, 0.3) is 0 Å². The van der Waals surface area contributed by atoms with Gasteiger partial charge in [-0.15, -0.1) is 0 Å². The standard InChI is InChI=1S/C27H26N2O3/c1-19-14-21(9-11-26(19)31-2)23-10-8-22(25-16-28-13-12-24(23)25)15-29-27(30)18-32-17-20-6-4-3-5-7-20/h3-14,16H,15,17-18H2,1-2H3,(H,29,30). The van der Waals surface area contributed by atoms with Crippen LogP contribution in [0.25, 0.3) is 21.9 Å². The fourth-order valence-corrected chi connectivity index (χ4v) is 3.78. The molecular weight excluding hydrogens is 400 g/mol. The lowest BCUT2D eigenvalue weighted by Gasteiger charge is -2.13. The van der Waals surface area contributed by atoms with Crippen LogP contribution in [0.2, 0.25) is 0 Å². The van der Waals surface area contributed by atoms with Crippen LogP contribution >= 0.6 is 0 Å². The molecule has 0 aliphatic carbocycles. The predicted octanol–water partition coefficient (Wildman–Crippen LogP) is 5.05. The number of amides is 1. The Labute approximate surface area is 188 Å². The Bertz CT molecular complexity index is 1220. The smallest absolute Gasteiger partial charge is 0.246 e. The first-order chi connectivity index (χ1) is 15.7. The van der Waals surface area contributed by atoms with Crippen molar-refractivity contribution >= 4 is 16.7 Å². The van der Waals surface area contributed by atoms with Crippen molar-refractivity contribution in [2.24, 2.45) is 0 Å². The zero-order valence-electron chi connectivity index (χ0n) is 18.3. The SMILES string of the molecule is COc1ccc(-c2ccc(CNC(=O)COCc3ccccc3)c3cnccc23)cc1C. The van der Waals surface area contributed by atoms with E-state index in [4.69, 9.17) is 9.47 Å². The van der Waals surface area contributed by atoms with Crippen molar-refractivity contribution in [2.75, 3.05) is 13.7 Å². The molecule has 0 radical (unpaired) electrons. The highest BCUT2D eigenvalue weighted by Crippen LogP contribution is 2.32. The lowest BCUT2D eigenvalue weighted by Crippen LogP contribution is -2.27. The van der Waals surface area contributed by atoms with E-state index in [1.807, 2.05) is 61.7 Å². The van der Waals surface area contributed by atoms with Gasteiger partial charge >= 0.3 is 0 Å². The summed E-state index contributed by atoms with van der Waals surface area (Å²) < 4.78 is 10.9. The van der Waals surface area contributed by atoms with Gasteiger partial charge in [0.05, 0.1) is 13.7 Å². The molecule has 0 aliphatic rings. The molecule has 162 valence electrons. The molecule has 1 amide bonds. The molecule has 4 rings (SSSR count). The highest BCUT2D eigenvalue weighted by atomic mass is 16.5. The van der Waals surface area contributed by atoms with E-state index < -0.39 is 0 Å². The number of methoxy groups -OCH3 is 1. The van der Waals surface area contributed by atoms with Gasteiger partial charge in [-0.1, -0.05) is 48.5 Å². The van der Waals surface area contributed by atoms with Crippen LogP contribution < -0.4 is 10.1 Å². The number of hydrogen-bond donors (Lipinski definition) is 1. The minimum absolute atomic E-state index is 0.0221. The van der Waals surface area contributed by atoms with Crippen molar-refractivity contribution < 1.29 is 14.3 Å². The molecule has 1 aromatic heterocycles. The van der Waals surface area contributed by atoms with Crippen LogP contribution in [-0.4, -0.2) is 24.6 Å². The van der Waals surface area contributed by atoms with E-state index in [-0.39, 0.29) is 12.5 Å². The number of ether oxygens (including phenoxy) is 2. The molecule has 32 heavy (non-hydrogen) atoms. The second-order valence-corrected chi connectivity index (χ2v) is 7.63. The summed E-state index contributed by atoms with van der Waals surface area (Å²) in [7, 11) is 1.68. The molecule has 0 saturated carbocycles. The quantitative estimate of drug-likeness (QED) is 0.428. The summed E-state index contributed by atoms with van der Waals surface area (Å²) in [5, 5.41) is 5.06. The molecule has 0 fully saturated rings. The van der Waals surface area contributed by atoms with E-state index in [9.17, 15) is 4.79 Å². The van der Waals surface area contributed by atoms with Gasteiger partial charge in [0.1, 0.15) is 12.4 Å². The third-order valence-electron chi connectivity index (χ3n) is 5.43. The molecule has 0 unspecified atom stereocenters. The topological polar surface area (TPSA) is 60.5 Å². The van der Waals surface area contributed by atoms with Gasteiger partial charge in [-0.2, -0.15) is 0 Å². The van der Waals surface area contributed by atoms with E-state index in [0.29, 0.717) is 13.2 Å². The molecule has 0 aliphatic heterocycles. The van der Waals surface area contributed by atoms with Gasteiger partial charge < -0.3 is 14.8 Å². The van der Waals surface area contributed by atoms with Crippen LogP contribution in [0.1, 0.15) is 16.7 Å². The fraction of sp³-hybridized carbons (Fsp3) is 0.185. The summed E-state index contributed by atoms with van der Waals surface area (Å²) >= 11 is 0. The first kappa shape index (κ1) is 21.5. The van der Waals surface area contributed by atoms with Gasteiger partial charge in [-0.05, 0) is 58.3 Å². The number of hydrogen-bond acceptors (Lipinski definition) is 4. The van der Waals surface area contributed by atoms with E-state index in [0.717, 1.165) is 44.3 Å². The van der Waals surface area contributed by atoms with Crippen LogP contribution in [0.3, 0.4) is 0 Å². The molecule has 5 nitrogen and oxygen atoms in total. The van der Waals surface area contributed by atoms with Crippen LogP contribution in [-0.2, 0) is 22.7 Å². The van der Waals surface area contributed by atoms with Crippen LogP contribution in [0.4, 0.5) is 0 Å². The summed E-state index contributed by atoms with van der Waals surface area (Å²) in [6.45, 7) is 2.89. The number of aryl methyl sites for hydroxylation is 1. The molecule has 1 heterocycles. The molecular formula is C27H26N2O3. The van der Waals surface area contributed by atoms with E-state index in [1.54, 1.807) is 13.3 Å². The Kier molecular flexibility index (Phi) is 6.78. The first-order valence-corrected chi connectivity index (χ1v) is 10.5. The van der Waals surface area contributed by atoms with Gasteiger partial charge in [0.15, 0.2) is 0 Å². The maximum absolute atomic E-state index is 12.3. The third kappa shape index (κ3) is 4.95. The number of nitrogens with zero attached hydrogens (tertiary/aromatic N) is 1. The zero-order valence-corrected chi connectivity index (χ0v) is 18.3. The van der Waals surface area contributed by atoms with Crippen molar-refractivity contribution in [1.29, 1.82) is 0 Å². The van der Waals surface area contributed by atoms with E-state index in [2.05, 4.69) is 28.5 Å². The first-order valence-electron chi connectivity index (χ1n) is 10.5. The molecule has 0 saturated heterocycles. The average molecular weight is 427 g/mol. The van der Waals surface area contributed by atoms with Crippen molar-refractivity contribution in [3.63, 3.8) is 0 Å². The van der Waals surface area contributed by atoms with Crippen LogP contribution in [0.15, 0.2) is 79.1 Å². The summed E-state index contributed by atoms with van der Waals surface area (Å²) in [4.78, 5) is 16.6. The Balaban J connectivity index is 1.46. The second kappa shape index (κ2) is 10.1. The minimum atomic E-state index is -0.146. The number of pyridine rings is 1. The number of rotatable bonds is 8. The summed E-state index contributed by atoms with van der Waals surface area (Å²) in [5.41, 5.74) is 5.37. The molecule has 0 bridgehead atoms. The maximum Gasteiger partial charge on any atom is 0.246 e. The Morgan fingerprint density at radius 1 is 1.00 bits per heavy atom. The van der Waals surface area contributed by atoms with Crippen LogP contribution in [0.5, 0.6) is 5.75 Å². The predicted molar refractivity (Wildman–Crippen MR) is 126 cm³/mol. The monoisotopic (exact) mass is 426 g/mol. The number of aromatic nitrogens is 1. The molecule has 0 spiro atoms. The largest absolute Gasteiger partial charge is 0.496 e. The van der Waals surface area contributed by atoms with Gasteiger partial charge in [-0.3, -0.25) is 9.78 Å². The van der Waals surface area contributed by atoms with Gasteiger partial charge in [0, 0.05) is 24.3 Å². The molecule has 5 heteroatoms. The zero-order chi connectivity index (χ0) is 22.3. The summed E-state index contributed by atoms with van der Waals surface area (Å²) in [6, 6.07) is 22.1. The van der Waals surface area contributed by atoms with Gasteiger partial charge in [-0.25, -0.2) is 0 Å².